The van der Waals surface area contributed by atoms with Gasteiger partial charge in [0, 0.05) is 30.5 Å². The Morgan fingerprint density at radius 3 is 2.83 bits per heavy atom. The summed E-state index contributed by atoms with van der Waals surface area (Å²) in [5, 5.41) is 18.0. The molecule has 1 unspecified atom stereocenters. The Bertz CT molecular complexity index is 601. The molecule has 23 heavy (non-hydrogen) atoms. The van der Waals surface area contributed by atoms with Crippen molar-refractivity contribution in [2.45, 2.75) is 32.3 Å². The first-order chi connectivity index (χ1) is 11.2. The van der Waals surface area contributed by atoms with Crippen LogP contribution in [0.25, 0.3) is 10.6 Å². The lowest BCUT2D eigenvalue weighted by molar-refractivity contribution is 0.160. The van der Waals surface area contributed by atoms with E-state index in [9.17, 15) is 9.90 Å². The number of rotatable bonds is 8. The highest BCUT2D eigenvalue weighted by atomic mass is 32.1. The first-order valence-electron chi connectivity index (χ1n) is 7.88. The summed E-state index contributed by atoms with van der Waals surface area (Å²) >= 11 is 1.61. The summed E-state index contributed by atoms with van der Waals surface area (Å²) in [6.45, 7) is 2.81. The second kappa shape index (κ2) is 9.27. The van der Waals surface area contributed by atoms with Crippen LogP contribution in [0.2, 0.25) is 0 Å². The van der Waals surface area contributed by atoms with Crippen LogP contribution in [0, 0.1) is 0 Å². The molecule has 1 atom stereocenters. The van der Waals surface area contributed by atoms with E-state index in [1.54, 1.807) is 11.3 Å². The minimum Gasteiger partial charge on any atom is -0.391 e. The van der Waals surface area contributed by atoms with E-state index in [1.165, 1.54) is 0 Å². The largest absolute Gasteiger partial charge is 0.391 e. The summed E-state index contributed by atoms with van der Waals surface area (Å²) in [6, 6.07) is 9.80. The van der Waals surface area contributed by atoms with Crippen LogP contribution < -0.4 is 10.6 Å². The molecule has 6 heteroatoms. The molecular weight excluding hydrogens is 310 g/mol. The molecule has 0 saturated heterocycles. The SMILES string of the molecule is CCCC(O)CNC(=O)NCCc1csc(-c2ccccc2)n1. The molecule has 0 aliphatic carbocycles. The number of urea groups is 1. The minimum absolute atomic E-state index is 0.251. The number of amides is 2. The van der Waals surface area contributed by atoms with Gasteiger partial charge in [-0.2, -0.15) is 0 Å². The van der Waals surface area contributed by atoms with Crippen LogP contribution in [0.4, 0.5) is 4.79 Å². The van der Waals surface area contributed by atoms with Crippen molar-refractivity contribution < 1.29 is 9.90 Å². The lowest BCUT2D eigenvalue weighted by Gasteiger charge is -2.11. The Morgan fingerprint density at radius 2 is 2.09 bits per heavy atom. The predicted molar refractivity (Wildman–Crippen MR) is 93.6 cm³/mol. The normalized spacial score (nSPS) is 11.9. The zero-order valence-electron chi connectivity index (χ0n) is 13.3. The van der Waals surface area contributed by atoms with E-state index < -0.39 is 6.10 Å². The van der Waals surface area contributed by atoms with E-state index in [4.69, 9.17) is 0 Å². The minimum atomic E-state index is -0.474. The van der Waals surface area contributed by atoms with Gasteiger partial charge in [-0.05, 0) is 6.42 Å². The van der Waals surface area contributed by atoms with E-state index in [0.29, 0.717) is 19.4 Å². The van der Waals surface area contributed by atoms with Gasteiger partial charge in [0.25, 0.3) is 0 Å². The molecule has 5 nitrogen and oxygen atoms in total. The summed E-state index contributed by atoms with van der Waals surface area (Å²) in [5.41, 5.74) is 2.08. The maximum absolute atomic E-state index is 11.6. The molecule has 0 fully saturated rings. The highest BCUT2D eigenvalue weighted by molar-refractivity contribution is 7.13. The molecule has 2 aromatic rings. The van der Waals surface area contributed by atoms with Gasteiger partial charge >= 0.3 is 6.03 Å². The number of benzene rings is 1. The average Bonchev–Trinajstić information content (AvgIpc) is 3.03. The lowest BCUT2D eigenvalue weighted by Crippen LogP contribution is -2.40. The molecule has 0 bridgehead atoms. The average molecular weight is 333 g/mol. The third-order valence-corrected chi connectivity index (χ3v) is 4.30. The number of nitrogens with zero attached hydrogens (tertiary/aromatic N) is 1. The third kappa shape index (κ3) is 6.00. The molecule has 0 spiro atoms. The van der Waals surface area contributed by atoms with Crippen molar-refractivity contribution >= 4 is 17.4 Å². The van der Waals surface area contributed by atoms with E-state index in [1.807, 2.05) is 42.6 Å². The first kappa shape index (κ1) is 17.4. The number of thiazole rings is 1. The van der Waals surface area contributed by atoms with Crippen LogP contribution in [0.1, 0.15) is 25.5 Å². The van der Waals surface area contributed by atoms with Gasteiger partial charge < -0.3 is 15.7 Å². The molecule has 124 valence electrons. The van der Waals surface area contributed by atoms with Gasteiger partial charge in [-0.25, -0.2) is 9.78 Å². The van der Waals surface area contributed by atoms with E-state index in [2.05, 4.69) is 15.6 Å². The Labute approximate surface area is 140 Å². The maximum atomic E-state index is 11.6. The van der Waals surface area contributed by atoms with Crippen LogP contribution in [0.5, 0.6) is 0 Å². The number of hydrogen-bond acceptors (Lipinski definition) is 4. The van der Waals surface area contributed by atoms with Gasteiger partial charge in [-0.3, -0.25) is 0 Å². The lowest BCUT2D eigenvalue weighted by atomic mass is 10.2. The summed E-state index contributed by atoms with van der Waals surface area (Å²) in [4.78, 5) is 16.2. The van der Waals surface area contributed by atoms with Crippen molar-refractivity contribution in [2.75, 3.05) is 13.1 Å². The fourth-order valence-electron chi connectivity index (χ4n) is 2.15. The smallest absolute Gasteiger partial charge is 0.314 e. The number of aliphatic hydroxyl groups is 1. The Hall–Kier alpha value is -1.92. The summed E-state index contributed by atoms with van der Waals surface area (Å²) in [5.74, 6) is 0. The Kier molecular flexibility index (Phi) is 7.03. The van der Waals surface area contributed by atoms with Crippen molar-refractivity contribution in [1.29, 1.82) is 0 Å². The molecule has 1 aromatic carbocycles. The van der Waals surface area contributed by atoms with Crippen molar-refractivity contribution in [3.8, 4) is 10.6 Å². The first-order valence-corrected chi connectivity index (χ1v) is 8.76. The van der Waals surface area contributed by atoms with Gasteiger partial charge in [0.15, 0.2) is 0 Å². The molecule has 1 aromatic heterocycles. The zero-order chi connectivity index (χ0) is 16.5. The van der Waals surface area contributed by atoms with Crippen LogP contribution in [0.15, 0.2) is 35.7 Å². The van der Waals surface area contributed by atoms with Gasteiger partial charge in [-0.1, -0.05) is 43.7 Å². The van der Waals surface area contributed by atoms with E-state index >= 15 is 0 Å². The van der Waals surface area contributed by atoms with Gasteiger partial charge in [0.1, 0.15) is 5.01 Å². The summed E-state index contributed by atoms with van der Waals surface area (Å²) in [7, 11) is 0. The van der Waals surface area contributed by atoms with Crippen molar-refractivity contribution in [2.24, 2.45) is 0 Å². The highest BCUT2D eigenvalue weighted by Crippen LogP contribution is 2.23. The predicted octanol–water partition coefficient (Wildman–Crippen LogP) is 2.81. The molecule has 2 amide bonds. The number of carbonyl (C=O) groups excluding carboxylic acids is 1. The molecule has 0 aliphatic rings. The van der Waals surface area contributed by atoms with Crippen LogP contribution >= 0.6 is 11.3 Å². The van der Waals surface area contributed by atoms with Gasteiger partial charge in [0.2, 0.25) is 0 Å². The molecule has 0 aliphatic heterocycles. The standard InChI is InChI=1S/C17H23N3O2S/c1-2-6-15(21)11-19-17(22)18-10-9-14-12-23-16(20-14)13-7-4-3-5-8-13/h3-5,7-8,12,15,21H,2,6,9-11H2,1H3,(H2,18,19,22). The van der Waals surface area contributed by atoms with Crippen LogP contribution in [0.3, 0.4) is 0 Å². The second-order valence-electron chi connectivity index (χ2n) is 5.34. The number of hydrogen-bond donors (Lipinski definition) is 3. The van der Waals surface area contributed by atoms with Gasteiger partial charge in [0.05, 0.1) is 11.8 Å². The number of nitrogens with one attached hydrogen (secondary N) is 2. The zero-order valence-corrected chi connectivity index (χ0v) is 14.1. The van der Waals surface area contributed by atoms with Crippen molar-refractivity contribution in [3.05, 3.63) is 41.4 Å². The van der Waals surface area contributed by atoms with Gasteiger partial charge in [-0.15, -0.1) is 11.3 Å². The summed E-state index contributed by atoms with van der Waals surface area (Å²) in [6.07, 6.45) is 1.81. The van der Waals surface area contributed by atoms with E-state index in [0.717, 1.165) is 22.7 Å². The molecular formula is C17H23N3O2S. The molecule has 3 N–H and O–H groups in total. The van der Waals surface area contributed by atoms with Crippen LogP contribution in [-0.4, -0.2) is 35.3 Å². The molecule has 2 rings (SSSR count). The number of aromatic nitrogens is 1. The summed E-state index contributed by atoms with van der Waals surface area (Å²) < 4.78 is 0. The highest BCUT2D eigenvalue weighted by Gasteiger charge is 2.07. The van der Waals surface area contributed by atoms with E-state index in [-0.39, 0.29) is 12.6 Å². The number of carbonyl (C=O) groups is 1. The quantitative estimate of drug-likeness (QED) is 0.695. The molecule has 0 radical (unpaired) electrons. The number of aliphatic hydroxyl groups excluding tert-OH is 1. The monoisotopic (exact) mass is 333 g/mol. The topological polar surface area (TPSA) is 74.2 Å². The third-order valence-electron chi connectivity index (χ3n) is 3.36. The van der Waals surface area contributed by atoms with Crippen molar-refractivity contribution in [3.63, 3.8) is 0 Å². The fourth-order valence-corrected chi connectivity index (χ4v) is 3.01. The molecule has 1 heterocycles. The fraction of sp³-hybridized carbons (Fsp3) is 0.412. The molecule has 0 saturated carbocycles. The Morgan fingerprint density at radius 1 is 1.30 bits per heavy atom. The Balaban J connectivity index is 1.70. The second-order valence-corrected chi connectivity index (χ2v) is 6.20. The maximum Gasteiger partial charge on any atom is 0.314 e. The van der Waals surface area contributed by atoms with Crippen LogP contribution in [-0.2, 0) is 6.42 Å². The van der Waals surface area contributed by atoms with Crippen molar-refractivity contribution in [1.82, 2.24) is 15.6 Å².